The van der Waals surface area contributed by atoms with Crippen LogP contribution in [0.15, 0.2) is 21.2 Å². The number of anilines is 1. The number of amides is 1. The molecule has 1 N–H and O–H groups in total. The molecule has 0 aliphatic heterocycles. The number of carbonyl (C=O) groups excluding carboxylic acids is 1. The van der Waals surface area contributed by atoms with Gasteiger partial charge in [-0.3, -0.25) is 10.1 Å². The van der Waals surface area contributed by atoms with E-state index in [2.05, 4.69) is 15.5 Å². The summed E-state index contributed by atoms with van der Waals surface area (Å²) in [6.45, 7) is 11.2. The van der Waals surface area contributed by atoms with Gasteiger partial charge in [-0.2, -0.15) is 0 Å². The lowest BCUT2D eigenvalue weighted by Crippen LogP contribution is -2.27. The van der Waals surface area contributed by atoms with E-state index < -0.39 is 10.8 Å². The van der Waals surface area contributed by atoms with Gasteiger partial charge < -0.3 is 8.94 Å². The molecule has 114 valence electrons. The van der Waals surface area contributed by atoms with Crippen molar-refractivity contribution in [1.82, 2.24) is 10.1 Å². The molecular weight excluding hydrogens is 270 g/mol. The van der Waals surface area contributed by atoms with Crippen LogP contribution in [0.4, 0.5) is 5.88 Å². The van der Waals surface area contributed by atoms with Crippen LogP contribution in [0.5, 0.6) is 0 Å². The number of nitrogens with zero attached hydrogens (tertiary/aromatic N) is 2. The molecule has 0 spiro atoms. The van der Waals surface area contributed by atoms with Crippen LogP contribution in [0.25, 0.3) is 0 Å². The van der Waals surface area contributed by atoms with Gasteiger partial charge in [-0.05, 0) is 13.8 Å². The van der Waals surface area contributed by atoms with Gasteiger partial charge in [0.2, 0.25) is 11.8 Å². The lowest BCUT2D eigenvalue weighted by atomic mass is 9.87. The number of hydrogen-bond donors (Lipinski definition) is 1. The van der Waals surface area contributed by atoms with Gasteiger partial charge >= 0.3 is 0 Å². The Labute approximate surface area is 123 Å². The summed E-state index contributed by atoms with van der Waals surface area (Å²) in [4.78, 5) is 16.0. The summed E-state index contributed by atoms with van der Waals surface area (Å²) in [6.07, 6.45) is 1.68. The van der Waals surface area contributed by atoms with E-state index in [9.17, 15) is 4.79 Å². The Kier molecular flexibility index (Phi) is 3.65. The highest BCUT2D eigenvalue weighted by molar-refractivity contribution is 5.93. The third kappa shape index (κ3) is 3.15. The molecule has 0 aromatic carbocycles. The quantitative estimate of drug-likeness (QED) is 0.938. The molecule has 0 saturated heterocycles. The average Bonchev–Trinajstić information content (AvgIpc) is 2.97. The fourth-order valence-electron chi connectivity index (χ4n) is 1.70. The van der Waals surface area contributed by atoms with Crippen LogP contribution in [-0.2, 0) is 10.2 Å². The smallest absolute Gasteiger partial charge is 0.232 e. The predicted octanol–water partition coefficient (Wildman–Crippen LogP) is 3.28. The summed E-state index contributed by atoms with van der Waals surface area (Å²) >= 11 is 0. The summed E-state index contributed by atoms with van der Waals surface area (Å²) in [5, 5.41) is 6.75. The SMILES string of the molecule is Cc1ncc(C(C)(C)c2cc(NC(=O)C(C)(C)C)on2)o1. The van der Waals surface area contributed by atoms with Crippen LogP contribution in [0, 0.1) is 12.3 Å². The standard InChI is InChI=1S/C15H21N3O3/c1-9-16-8-11(20-9)15(5,6)10-7-12(21-18-10)17-13(19)14(2,3)4/h7-8H,1-6H3,(H,17,19). The van der Waals surface area contributed by atoms with Gasteiger partial charge in [-0.1, -0.05) is 25.9 Å². The van der Waals surface area contributed by atoms with E-state index >= 15 is 0 Å². The number of oxazole rings is 1. The molecule has 2 rings (SSSR count). The Morgan fingerprint density at radius 2 is 1.90 bits per heavy atom. The van der Waals surface area contributed by atoms with Gasteiger partial charge in [0.1, 0.15) is 5.76 Å². The first-order chi connectivity index (χ1) is 9.60. The highest BCUT2D eigenvalue weighted by atomic mass is 16.5. The van der Waals surface area contributed by atoms with Crippen LogP contribution in [0.2, 0.25) is 0 Å². The van der Waals surface area contributed by atoms with Crippen LogP contribution >= 0.6 is 0 Å². The van der Waals surface area contributed by atoms with Gasteiger partial charge in [0, 0.05) is 18.4 Å². The fourth-order valence-corrected chi connectivity index (χ4v) is 1.70. The van der Waals surface area contributed by atoms with Crippen molar-refractivity contribution >= 4 is 11.8 Å². The first-order valence-corrected chi connectivity index (χ1v) is 6.82. The van der Waals surface area contributed by atoms with E-state index in [0.29, 0.717) is 23.2 Å². The zero-order valence-electron chi connectivity index (χ0n) is 13.3. The monoisotopic (exact) mass is 291 g/mol. The number of aromatic nitrogens is 2. The Morgan fingerprint density at radius 3 is 2.43 bits per heavy atom. The van der Waals surface area contributed by atoms with Gasteiger partial charge in [-0.15, -0.1) is 0 Å². The molecule has 0 bridgehead atoms. The Morgan fingerprint density at radius 1 is 1.24 bits per heavy atom. The van der Waals surface area contributed by atoms with Crippen molar-refractivity contribution in [2.24, 2.45) is 5.41 Å². The van der Waals surface area contributed by atoms with Crippen molar-refractivity contribution in [3.8, 4) is 0 Å². The largest absolute Gasteiger partial charge is 0.445 e. The van der Waals surface area contributed by atoms with E-state index in [1.807, 2.05) is 34.6 Å². The van der Waals surface area contributed by atoms with Crippen molar-refractivity contribution in [3.63, 3.8) is 0 Å². The summed E-state index contributed by atoms with van der Waals surface area (Å²) in [7, 11) is 0. The third-order valence-electron chi connectivity index (χ3n) is 3.31. The average molecular weight is 291 g/mol. The molecule has 0 saturated carbocycles. The molecule has 6 nitrogen and oxygen atoms in total. The minimum Gasteiger partial charge on any atom is -0.445 e. The topological polar surface area (TPSA) is 81.2 Å². The van der Waals surface area contributed by atoms with E-state index in [-0.39, 0.29) is 5.91 Å². The number of aryl methyl sites for hydroxylation is 1. The molecule has 2 heterocycles. The van der Waals surface area contributed by atoms with Crippen molar-refractivity contribution in [3.05, 3.63) is 29.6 Å². The molecule has 6 heteroatoms. The summed E-state index contributed by atoms with van der Waals surface area (Å²) < 4.78 is 10.8. The number of carbonyl (C=O) groups is 1. The molecule has 2 aromatic heterocycles. The molecule has 0 fully saturated rings. The molecule has 0 aliphatic carbocycles. The van der Waals surface area contributed by atoms with Crippen molar-refractivity contribution in [2.45, 2.75) is 47.0 Å². The summed E-state index contributed by atoms with van der Waals surface area (Å²) in [5.74, 6) is 1.50. The van der Waals surface area contributed by atoms with Crippen molar-refractivity contribution in [2.75, 3.05) is 5.32 Å². The van der Waals surface area contributed by atoms with Crippen LogP contribution < -0.4 is 5.32 Å². The Bertz CT molecular complexity index is 647. The molecule has 0 unspecified atom stereocenters. The van der Waals surface area contributed by atoms with Crippen LogP contribution in [0.3, 0.4) is 0 Å². The second-order valence-corrected chi connectivity index (χ2v) is 6.65. The summed E-state index contributed by atoms with van der Waals surface area (Å²) in [6, 6.07) is 1.71. The molecular formula is C15H21N3O3. The van der Waals surface area contributed by atoms with E-state index in [4.69, 9.17) is 8.94 Å². The first-order valence-electron chi connectivity index (χ1n) is 6.82. The number of nitrogens with one attached hydrogen (secondary N) is 1. The van der Waals surface area contributed by atoms with E-state index in [0.717, 1.165) is 0 Å². The van der Waals surface area contributed by atoms with Gasteiger partial charge in [0.05, 0.1) is 17.3 Å². The Balaban J connectivity index is 2.21. The maximum Gasteiger partial charge on any atom is 0.232 e. The molecule has 1 amide bonds. The fraction of sp³-hybridized carbons (Fsp3) is 0.533. The van der Waals surface area contributed by atoms with E-state index in [1.165, 1.54) is 0 Å². The van der Waals surface area contributed by atoms with Crippen molar-refractivity contribution in [1.29, 1.82) is 0 Å². The lowest BCUT2D eigenvalue weighted by molar-refractivity contribution is -0.123. The molecule has 2 aromatic rings. The lowest BCUT2D eigenvalue weighted by Gasteiger charge is -2.17. The normalized spacial score (nSPS) is 12.5. The minimum absolute atomic E-state index is 0.126. The van der Waals surface area contributed by atoms with Crippen LogP contribution in [0.1, 0.15) is 52.0 Å². The molecule has 0 radical (unpaired) electrons. The maximum atomic E-state index is 11.9. The van der Waals surface area contributed by atoms with Crippen LogP contribution in [-0.4, -0.2) is 16.0 Å². The predicted molar refractivity (Wildman–Crippen MR) is 78.0 cm³/mol. The Hall–Kier alpha value is -2.11. The highest BCUT2D eigenvalue weighted by Gasteiger charge is 2.32. The second kappa shape index (κ2) is 5.02. The molecule has 21 heavy (non-hydrogen) atoms. The van der Waals surface area contributed by atoms with Crippen molar-refractivity contribution < 1.29 is 13.7 Å². The van der Waals surface area contributed by atoms with Gasteiger partial charge in [0.15, 0.2) is 5.89 Å². The maximum absolute atomic E-state index is 11.9. The highest BCUT2D eigenvalue weighted by Crippen LogP contribution is 2.32. The third-order valence-corrected chi connectivity index (χ3v) is 3.31. The minimum atomic E-state index is -0.496. The zero-order valence-corrected chi connectivity index (χ0v) is 13.3. The second-order valence-electron chi connectivity index (χ2n) is 6.65. The molecule has 0 atom stereocenters. The first kappa shape index (κ1) is 15.3. The van der Waals surface area contributed by atoms with E-state index in [1.54, 1.807) is 19.2 Å². The van der Waals surface area contributed by atoms with Gasteiger partial charge in [-0.25, -0.2) is 4.98 Å². The zero-order chi connectivity index (χ0) is 15.8. The summed E-state index contributed by atoms with van der Waals surface area (Å²) in [5.41, 5.74) is -0.317. The van der Waals surface area contributed by atoms with Gasteiger partial charge in [0.25, 0.3) is 0 Å². The molecule has 0 aliphatic rings. The number of rotatable bonds is 3. The number of hydrogen-bond acceptors (Lipinski definition) is 5.